The lowest BCUT2D eigenvalue weighted by molar-refractivity contribution is 0.0526. The van der Waals surface area contributed by atoms with Crippen LogP contribution in [0.15, 0.2) is 24.3 Å². The molecule has 1 rings (SSSR count). The van der Waals surface area contributed by atoms with Crippen LogP contribution in [-0.2, 0) is 4.74 Å². The first-order valence-electron chi connectivity index (χ1n) is 12.5. The van der Waals surface area contributed by atoms with Crippen molar-refractivity contribution in [2.24, 2.45) is 5.92 Å². The molecular weight excluding hydrogens is 372 g/mol. The molecule has 0 unspecified atom stereocenters. The molecule has 0 N–H and O–H groups in total. The van der Waals surface area contributed by atoms with Crippen molar-refractivity contribution in [3.05, 3.63) is 29.8 Å². The molecular formula is C27H46O3. The zero-order chi connectivity index (χ0) is 21.9. The van der Waals surface area contributed by atoms with Crippen molar-refractivity contribution < 1.29 is 14.3 Å². The first-order valence-corrected chi connectivity index (χ1v) is 12.5. The summed E-state index contributed by atoms with van der Waals surface area (Å²) in [4.78, 5) is 11.6. The van der Waals surface area contributed by atoms with E-state index in [0.717, 1.165) is 24.7 Å². The van der Waals surface area contributed by atoms with Gasteiger partial charge < -0.3 is 9.47 Å². The van der Waals surface area contributed by atoms with Gasteiger partial charge in [0.25, 0.3) is 0 Å². The summed E-state index contributed by atoms with van der Waals surface area (Å²) in [6, 6.07) is 7.22. The summed E-state index contributed by atoms with van der Waals surface area (Å²) < 4.78 is 10.8. The van der Waals surface area contributed by atoms with E-state index in [2.05, 4.69) is 13.8 Å². The van der Waals surface area contributed by atoms with E-state index in [1.165, 1.54) is 83.5 Å². The highest BCUT2D eigenvalue weighted by Gasteiger charge is 2.05. The molecule has 0 atom stereocenters. The molecule has 0 aliphatic heterocycles. The maximum absolute atomic E-state index is 11.6. The van der Waals surface area contributed by atoms with Gasteiger partial charge in [0.15, 0.2) is 0 Å². The number of unbranched alkanes of at least 4 members (excludes halogenated alkanes) is 12. The van der Waals surface area contributed by atoms with E-state index in [9.17, 15) is 4.79 Å². The van der Waals surface area contributed by atoms with E-state index in [4.69, 9.17) is 9.47 Å². The van der Waals surface area contributed by atoms with Gasteiger partial charge in [-0.3, -0.25) is 0 Å². The third kappa shape index (κ3) is 14.5. The number of carbonyl (C=O) groups is 1. The van der Waals surface area contributed by atoms with Crippen LogP contribution in [0.2, 0.25) is 0 Å². The second kappa shape index (κ2) is 18.3. The van der Waals surface area contributed by atoms with Crippen molar-refractivity contribution in [2.75, 3.05) is 13.2 Å². The van der Waals surface area contributed by atoms with E-state index < -0.39 is 0 Å². The van der Waals surface area contributed by atoms with E-state index in [0.29, 0.717) is 12.2 Å². The van der Waals surface area contributed by atoms with Gasteiger partial charge >= 0.3 is 5.97 Å². The van der Waals surface area contributed by atoms with Crippen LogP contribution in [0.25, 0.3) is 0 Å². The van der Waals surface area contributed by atoms with E-state index in [1.807, 2.05) is 19.1 Å². The fourth-order valence-corrected chi connectivity index (χ4v) is 3.69. The summed E-state index contributed by atoms with van der Waals surface area (Å²) in [5.41, 5.74) is 0.575. The predicted octanol–water partition coefficient (Wildman–Crippen LogP) is 8.36. The van der Waals surface area contributed by atoms with Crippen LogP contribution in [-0.4, -0.2) is 19.2 Å². The quantitative estimate of drug-likeness (QED) is 0.167. The summed E-state index contributed by atoms with van der Waals surface area (Å²) in [5, 5.41) is 0. The molecule has 0 bridgehead atoms. The van der Waals surface area contributed by atoms with Crippen molar-refractivity contribution in [3.8, 4) is 5.75 Å². The molecule has 1 aromatic rings. The van der Waals surface area contributed by atoms with Gasteiger partial charge in [-0.2, -0.15) is 0 Å². The van der Waals surface area contributed by atoms with E-state index in [1.54, 1.807) is 12.1 Å². The highest BCUT2D eigenvalue weighted by atomic mass is 16.5. The second-order valence-corrected chi connectivity index (χ2v) is 8.87. The summed E-state index contributed by atoms with van der Waals surface area (Å²) in [7, 11) is 0. The number of esters is 1. The van der Waals surface area contributed by atoms with Gasteiger partial charge in [0.1, 0.15) is 5.75 Å². The summed E-state index contributed by atoms with van der Waals surface area (Å²) in [5.74, 6) is 1.41. The Morgan fingerprint density at radius 1 is 0.733 bits per heavy atom. The van der Waals surface area contributed by atoms with Gasteiger partial charge in [-0.25, -0.2) is 4.79 Å². The van der Waals surface area contributed by atoms with Gasteiger partial charge in [0.2, 0.25) is 0 Å². The maximum Gasteiger partial charge on any atom is 0.338 e. The third-order valence-corrected chi connectivity index (χ3v) is 5.56. The molecule has 0 amide bonds. The maximum atomic E-state index is 11.6. The number of rotatable bonds is 19. The molecule has 3 heteroatoms. The van der Waals surface area contributed by atoms with Gasteiger partial charge in [-0.15, -0.1) is 0 Å². The van der Waals surface area contributed by atoms with Crippen LogP contribution < -0.4 is 4.74 Å². The Morgan fingerprint density at radius 3 is 1.67 bits per heavy atom. The van der Waals surface area contributed by atoms with Crippen LogP contribution in [0.1, 0.15) is 121 Å². The standard InChI is InChI=1S/C27H46O3/c1-4-29-27(28)25-19-21-26(22-20-25)30-23-17-15-13-11-9-7-5-6-8-10-12-14-16-18-24(2)3/h19-22,24H,4-18,23H2,1-3H3. The topological polar surface area (TPSA) is 35.5 Å². The molecule has 3 nitrogen and oxygen atoms in total. The average molecular weight is 419 g/mol. The smallest absolute Gasteiger partial charge is 0.338 e. The SMILES string of the molecule is CCOC(=O)c1ccc(OCCCCCCCCCCCCCCCC(C)C)cc1. The molecule has 0 saturated heterocycles. The molecule has 172 valence electrons. The van der Waals surface area contributed by atoms with Crippen LogP contribution in [0.4, 0.5) is 0 Å². The average Bonchev–Trinajstić information content (AvgIpc) is 2.73. The van der Waals surface area contributed by atoms with Gasteiger partial charge in [-0.05, 0) is 43.5 Å². The summed E-state index contributed by atoms with van der Waals surface area (Å²) >= 11 is 0. The minimum atomic E-state index is -0.277. The van der Waals surface area contributed by atoms with Crippen molar-refractivity contribution >= 4 is 5.97 Å². The molecule has 0 fully saturated rings. The zero-order valence-electron chi connectivity index (χ0n) is 19.9. The fraction of sp³-hybridized carbons (Fsp3) is 0.741. The Bertz CT molecular complexity index is 521. The van der Waals surface area contributed by atoms with Crippen molar-refractivity contribution in [1.82, 2.24) is 0 Å². The monoisotopic (exact) mass is 418 g/mol. The third-order valence-electron chi connectivity index (χ3n) is 5.56. The molecule has 0 heterocycles. The molecule has 0 saturated carbocycles. The number of benzene rings is 1. The lowest BCUT2D eigenvalue weighted by atomic mass is 10.0. The summed E-state index contributed by atoms with van der Waals surface area (Å²) in [6.45, 7) is 7.60. The van der Waals surface area contributed by atoms with Crippen LogP contribution in [0.3, 0.4) is 0 Å². The van der Waals surface area contributed by atoms with Gasteiger partial charge in [0.05, 0.1) is 18.8 Å². The molecule has 0 aliphatic carbocycles. The Kier molecular flexibility index (Phi) is 16.2. The largest absolute Gasteiger partial charge is 0.494 e. The van der Waals surface area contributed by atoms with Crippen molar-refractivity contribution in [1.29, 1.82) is 0 Å². The molecule has 0 aromatic heterocycles. The normalized spacial score (nSPS) is 11.1. The van der Waals surface area contributed by atoms with Crippen LogP contribution in [0, 0.1) is 5.92 Å². The lowest BCUT2D eigenvalue weighted by Crippen LogP contribution is -2.04. The molecule has 0 spiro atoms. The Labute approximate surface area is 185 Å². The van der Waals surface area contributed by atoms with Gasteiger partial charge in [-0.1, -0.05) is 97.3 Å². The van der Waals surface area contributed by atoms with Gasteiger partial charge in [0, 0.05) is 0 Å². The highest BCUT2D eigenvalue weighted by Crippen LogP contribution is 2.16. The predicted molar refractivity (Wildman–Crippen MR) is 127 cm³/mol. The lowest BCUT2D eigenvalue weighted by Gasteiger charge is -2.07. The Hall–Kier alpha value is -1.51. The summed E-state index contributed by atoms with van der Waals surface area (Å²) in [6.07, 6.45) is 19.2. The Morgan fingerprint density at radius 2 is 1.20 bits per heavy atom. The minimum Gasteiger partial charge on any atom is -0.494 e. The number of carbonyl (C=O) groups excluding carboxylic acids is 1. The molecule has 0 aliphatic rings. The Balaban J connectivity index is 1.85. The van der Waals surface area contributed by atoms with Crippen LogP contribution >= 0.6 is 0 Å². The first kappa shape index (κ1) is 26.5. The van der Waals surface area contributed by atoms with E-state index in [-0.39, 0.29) is 5.97 Å². The van der Waals surface area contributed by atoms with Crippen molar-refractivity contribution in [3.63, 3.8) is 0 Å². The number of hydrogen-bond acceptors (Lipinski definition) is 3. The number of ether oxygens (including phenoxy) is 2. The number of hydrogen-bond donors (Lipinski definition) is 0. The second-order valence-electron chi connectivity index (χ2n) is 8.87. The van der Waals surface area contributed by atoms with Crippen molar-refractivity contribution in [2.45, 2.75) is 111 Å². The molecule has 30 heavy (non-hydrogen) atoms. The fourth-order valence-electron chi connectivity index (χ4n) is 3.69. The first-order chi connectivity index (χ1) is 14.6. The zero-order valence-corrected chi connectivity index (χ0v) is 19.9. The van der Waals surface area contributed by atoms with Crippen LogP contribution in [0.5, 0.6) is 5.75 Å². The minimum absolute atomic E-state index is 0.277. The molecule has 1 aromatic carbocycles. The molecule has 0 radical (unpaired) electrons. The highest BCUT2D eigenvalue weighted by molar-refractivity contribution is 5.89. The van der Waals surface area contributed by atoms with E-state index >= 15 is 0 Å².